The molecule has 0 bridgehead atoms. The molecule has 0 aliphatic carbocycles. The standard InChI is InChI=1S/C57H36N4O/c1-5-15-37(16-6-1)44-31-45(38-17-7-2-8-18-38)33-46(32-44)61-51-24-14-13-23-47(51)49-34-41(26-29-52(49)61)42-27-30-53-50(35-42)48-28-25-43(36-54(48)62-53)57-59-55(39-19-9-3-10-20-39)58-56(60-57)40-21-11-4-12-22-40/h1-36H. The Morgan fingerprint density at radius 1 is 0.274 bits per heavy atom. The largest absolute Gasteiger partial charge is 0.456 e. The van der Waals surface area contributed by atoms with Crippen LogP contribution in [-0.4, -0.2) is 19.5 Å². The predicted octanol–water partition coefficient (Wildman–Crippen LogP) is 14.9. The van der Waals surface area contributed by atoms with Crippen molar-refractivity contribution in [1.82, 2.24) is 19.5 Å². The van der Waals surface area contributed by atoms with Gasteiger partial charge >= 0.3 is 0 Å². The fourth-order valence-electron chi connectivity index (χ4n) is 8.80. The summed E-state index contributed by atoms with van der Waals surface area (Å²) in [5.41, 5.74) is 14.8. The molecule has 0 aliphatic rings. The van der Waals surface area contributed by atoms with Gasteiger partial charge in [0.05, 0.1) is 11.0 Å². The Balaban J connectivity index is 0.957. The smallest absolute Gasteiger partial charge is 0.164 e. The highest BCUT2D eigenvalue weighted by atomic mass is 16.3. The van der Waals surface area contributed by atoms with E-state index in [1.54, 1.807) is 0 Å². The molecule has 0 saturated carbocycles. The van der Waals surface area contributed by atoms with Gasteiger partial charge in [0, 0.05) is 43.9 Å². The minimum atomic E-state index is 0.594. The zero-order valence-corrected chi connectivity index (χ0v) is 33.5. The summed E-state index contributed by atoms with van der Waals surface area (Å²) in [5, 5.41) is 4.51. The molecule has 3 heterocycles. The molecule has 0 spiro atoms. The van der Waals surface area contributed by atoms with Gasteiger partial charge < -0.3 is 8.98 Å². The summed E-state index contributed by atoms with van der Waals surface area (Å²) in [6, 6.07) is 76.6. The molecule has 0 amide bonds. The van der Waals surface area contributed by atoms with Gasteiger partial charge in [0.2, 0.25) is 0 Å². The van der Waals surface area contributed by atoms with Crippen LogP contribution in [0.4, 0.5) is 0 Å². The Hall–Kier alpha value is -8.41. The van der Waals surface area contributed by atoms with Crippen LogP contribution in [0.25, 0.3) is 117 Å². The van der Waals surface area contributed by atoms with E-state index in [-0.39, 0.29) is 0 Å². The van der Waals surface area contributed by atoms with Gasteiger partial charge in [0.15, 0.2) is 17.5 Å². The molecule has 3 aromatic heterocycles. The predicted molar refractivity (Wildman–Crippen MR) is 254 cm³/mol. The highest BCUT2D eigenvalue weighted by Gasteiger charge is 2.18. The molecule has 0 atom stereocenters. The molecule has 12 aromatic rings. The number of hydrogen-bond donors (Lipinski definition) is 0. The second kappa shape index (κ2) is 14.7. The lowest BCUT2D eigenvalue weighted by Gasteiger charge is -2.14. The number of benzene rings is 9. The maximum atomic E-state index is 6.52. The van der Waals surface area contributed by atoms with E-state index in [1.165, 1.54) is 38.5 Å². The lowest BCUT2D eigenvalue weighted by Crippen LogP contribution is -2.00. The molecule has 9 aromatic carbocycles. The van der Waals surface area contributed by atoms with E-state index in [1.807, 2.05) is 66.7 Å². The molecule has 0 fully saturated rings. The van der Waals surface area contributed by atoms with Crippen molar-refractivity contribution >= 4 is 43.7 Å². The van der Waals surface area contributed by atoms with Gasteiger partial charge in [-0.25, -0.2) is 15.0 Å². The summed E-state index contributed by atoms with van der Waals surface area (Å²) in [4.78, 5) is 14.8. The number of para-hydroxylation sites is 1. The second-order valence-electron chi connectivity index (χ2n) is 15.6. The minimum absolute atomic E-state index is 0.594. The van der Waals surface area contributed by atoms with E-state index in [2.05, 4.69) is 156 Å². The molecule has 290 valence electrons. The van der Waals surface area contributed by atoms with E-state index in [0.29, 0.717) is 17.5 Å². The van der Waals surface area contributed by atoms with Crippen LogP contribution in [0.1, 0.15) is 0 Å². The lowest BCUT2D eigenvalue weighted by molar-refractivity contribution is 0.669. The summed E-state index contributed by atoms with van der Waals surface area (Å²) >= 11 is 0. The average Bonchev–Trinajstić information content (AvgIpc) is 3.89. The molecule has 0 N–H and O–H groups in total. The molecule has 62 heavy (non-hydrogen) atoms. The van der Waals surface area contributed by atoms with Gasteiger partial charge in [-0.2, -0.15) is 0 Å². The quantitative estimate of drug-likeness (QED) is 0.161. The summed E-state index contributed by atoms with van der Waals surface area (Å²) < 4.78 is 8.94. The van der Waals surface area contributed by atoms with Crippen molar-refractivity contribution in [2.45, 2.75) is 0 Å². The van der Waals surface area contributed by atoms with Gasteiger partial charge in [-0.3, -0.25) is 0 Å². The van der Waals surface area contributed by atoms with E-state index in [0.717, 1.165) is 61.0 Å². The Kier molecular flexibility index (Phi) is 8.42. The molecule has 0 unspecified atom stereocenters. The van der Waals surface area contributed by atoms with Gasteiger partial charge in [-0.05, 0) is 94.0 Å². The molecular weight excluding hydrogens is 757 g/mol. The number of rotatable bonds is 7. The summed E-state index contributed by atoms with van der Waals surface area (Å²) in [6.45, 7) is 0. The number of fused-ring (bicyclic) bond motifs is 6. The van der Waals surface area contributed by atoms with Gasteiger partial charge in [0.1, 0.15) is 11.2 Å². The third-order valence-corrected chi connectivity index (χ3v) is 11.8. The molecule has 5 heteroatoms. The lowest BCUT2D eigenvalue weighted by atomic mass is 9.98. The van der Waals surface area contributed by atoms with Crippen LogP contribution in [0.3, 0.4) is 0 Å². The fourth-order valence-corrected chi connectivity index (χ4v) is 8.80. The third-order valence-electron chi connectivity index (χ3n) is 11.8. The number of nitrogens with zero attached hydrogens (tertiary/aromatic N) is 4. The average molecular weight is 793 g/mol. The molecule has 5 nitrogen and oxygen atoms in total. The van der Waals surface area contributed by atoms with Crippen LogP contribution in [-0.2, 0) is 0 Å². The van der Waals surface area contributed by atoms with E-state index < -0.39 is 0 Å². The zero-order chi connectivity index (χ0) is 41.0. The van der Waals surface area contributed by atoms with Crippen LogP contribution >= 0.6 is 0 Å². The normalized spacial score (nSPS) is 11.5. The Bertz CT molecular complexity index is 3500. The maximum absolute atomic E-state index is 6.52. The molecule has 0 saturated heterocycles. The van der Waals surface area contributed by atoms with Crippen molar-refractivity contribution in [3.63, 3.8) is 0 Å². The first-order valence-electron chi connectivity index (χ1n) is 20.8. The summed E-state index contributed by atoms with van der Waals surface area (Å²) in [6.07, 6.45) is 0. The SMILES string of the molecule is c1ccc(-c2cc(-c3ccccc3)cc(-n3c4ccccc4c4cc(-c5ccc6oc7cc(-c8nc(-c9ccccc9)nc(-c9ccccc9)n8)ccc7c6c5)ccc43)c2)cc1. The van der Waals surface area contributed by atoms with Gasteiger partial charge in [0.25, 0.3) is 0 Å². The van der Waals surface area contributed by atoms with Crippen molar-refractivity contribution in [3.05, 3.63) is 218 Å². The van der Waals surface area contributed by atoms with Crippen LogP contribution < -0.4 is 0 Å². The van der Waals surface area contributed by atoms with Crippen LogP contribution in [0, 0.1) is 0 Å². The molecule has 0 aliphatic heterocycles. The monoisotopic (exact) mass is 792 g/mol. The van der Waals surface area contributed by atoms with Crippen LogP contribution in [0.5, 0.6) is 0 Å². The summed E-state index contributed by atoms with van der Waals surface area (Å²) in [7, 11) is 0. The first-order valence-corrected chi connectivity index (χ1v) is 20.8. The first kappa shape index (κ1) is 35.5. The molecule has 12 rings (SSSR count). The second-order valence-corrected chi connectivity index (χ2v) is 15.6. The fraction of sp³-hybridized carbons (Fsp3) is 0. The highest BCUT2D eigenvalue weighted by molar-refractivity contribution is 6.11. The van der Waals surface area contributed by atoms with Crippen LogP contribution in [0.15, 0.2) is 223 Å². The highest BCUT2D eigenvalue weighted by Crippen LogP contribution is 2.40. The van der Waals surface area contributed by atoms with E-state index >= 15 is 0 Å². The minimum Gasteiger partial charge on any atom is -0.456 e. The topological polar surface area (TPSA) is 56.7 Å². The number of aromatic nitrogens is 4. The van der Waals surface area contributed by atoms with Crippen molar-refractivity contribution in [2.75, 3.05) is 0 Å². The number of furan rings is 1. The zero-order valence-electron chi connectivity index (χ0n) is 33.5. The van der Waals surface area contributed by atoms with Crippen molar-refractivity contribution in [2.24, 2.45) is 0 Å². The van der Waals surface area contributed by atoms with Gasteiger partial charge in [-0.1, -0.05) is 158 Å². The number of hydrogen-bond acceptors (Lipinski definition) is 4. The molecular formula is C57H36N4O. The van der Waals surface area contributed by atoms with Crippen molar-refractivity contribution < 1.29 is 4.42 Å². The Morgan fingerprint density at radius 2 is 0.758 bits per heavy atom. The molecule has 0 radical (unpaired) electrons. The maximum Gasteiger partial charge on any atom is 0.164 e. The van der Waals surface area contributed by atoms with Gasteiger partial charge in [-0.15, -0.1) is 0 Å². The van der Waals surface area contributed by atoms with E-state index in [4.69, 9.17) is 19.4 Å². The van der Waals surface area contributed by atoms with Crippen LogP contribution in [0.2, 0.25) is 0 Å². The van der Waals surface area contributed by atoms with E-state index in [9.17, 15) is 0 Å². The summed E-state index contributed by atoms with van der Waals surface area (Å²) in [5.74, 6) is 1.85. The third kappa shape index (κ3) is 6.23. The van der Waals surface area contributed by atoms with Crippen molar-refractivity contribution in [1.29, 1.82) is 0 Å². The Labute approximate surface area is 357 Å². The first-order chi connectivity index (χ1) is 30.7. The Morgan fingerprint density at radius 3 is 1.37 bits per heavy atom. The van der Waals surface area contributed by atoms with Crippen molar-refractivity contribution in [3.8, 4) is 73.2 Å².